The number of fused-ring (bicyclic) bond motifs is 1. The zero-order valence-electron chi connectivity index (χ0n) is 10.9. The van der Waals surface area contributed by atoms with Crippen LogP contribution in [0.25, 0.3) is 10.9 Å². The van der Waals surface area contributed by atoms with Gasteiger partial charge in [-0.1, -0.05) is 10.5 Å². The highest BCUT2D eigenvalue weighted by molar-refractivity contribution is 5.92. The van der Waals surface area contributed by atoms with E-state index in [0.29, 0.717) is 18.2 Å². The number of carbonyl (C=O) groups is 1. The number of rotatable bonds is 4. The van der Waals surface area contributed by atoms with E-state index in [1.54, 1.807) is 6.07 Å². The SMILES string of the molecule is O=C(O)c1c(F)n(F)c2cc(CNC3CC3)ccc2c1=O. The smallest absolute Gasteiger partial charge is 0.344 e. The Morgan fingerprint density at radius 3 is 2.76 bits per heavy atom. The monoisotopic (exact) mass is 294 g/mol. The highest BCUT2D eigenvalue weighted by atomic mass is 19.2. The Balaban J connectivity index is 2.12. The van der Waals surface area contributed by atoms with Crippen molar-refractivity contribution in [3.63, 3.8) is 0 Å². The van der Waals surface area contributed by atoms with E-state index >= 15 is 0 Å². The molecule has 1 aromatic carbocycles. The quantitative estimate of drug-likeness (QED) is 0.844. The summed E-state index contributed by atoms with van der Waals surface area (Å²) in [6, 6.07) is 4.73. The fourth-order valence-corrected chi connectivity index (χ4v) is 2.21. The number of carboxylic acids is 1. The fourth-order valence-electron chi connectivity index (χ4n) is 2.21. The minimum Gasteiger partial charge on any atom is -0.477 e. The molecule has 1 aliphatic rings. The molecular formula is C14H12F2N2O3. The second kappa shape index (κ2) is 4.92. The zero-order chi connectivity index (χ0) is 15.1. The van der Waals surface area contributed by atoms with Crippen molar-refractivity contribution in [1.29, 1.82) is 0 Å². The Morgan fingerprint density at radius 1 is 1.43 bits per heavy atom. The first-order chi connectivity index (χ1) is 9.99. The van der Waals surface area contributed by atoms with Gasteiger partial charge in [-0.3, -0.25) is 4.79 Å². The molecule has 0 saturated heterocycles. The molecule has 0 radical (unpaired) electrons. The van der Waals surface area contributed by atoms with Gasteiger partial charge in [0.1, 0.15) is 0 Å². The van der Waals surface area contributed by atoms with Gasteiger partial charge in [-0.25, -0.2) is 4.79 Å². The average Bonchev–Trinajstić information content (AvgIpc) is 3.26. The highest BCUT2D eigenvalue weighted by Crippen LogP contribution is 2.21. The molecule has 21 heavy (non-hydrogen) atoms. The number of hydrogen-bond donors (Lipinski definition) is 2. The summed E-state index contributed by atoms with van der Waals surface area (Å²) >= 11 is 0. The molecule has 1 saturated carbocycles. The number of hydrogen-bond acceptors (Lipinski definition) is 3. The van der Waals surface area contributed by atoms with Gasteiger partial charge in [0.2, 0.25) is 11.4 Å². The van der Waals surface area contributed by atoms with Crippen LogP contribution in [-0.4, -0.2) is 21.9 Å². The van der Waals surface area contributed by atoms with E-state index in [2.05, 4.69) is 5.32 Å². The first-order valence-electron chi connectivity index (χ1n) is 6.49. The minimum absolute atomic E-state index is 0.161. The van der Waals surface area contributed by atoms with Gasteiger partial charge in [0.05, 0.1) is 5.52 Å². The molecular weight excluding hydrogens is 282 g/mol. The molecule has 0 amide bonds. The lowest BCUT2D eigenvalue weighted by atomic mass is 10.1. The van der Waals surface area contributed by atoms with Crippen LogP contribution in [0.4, 0.5) is 8.87 Å². The van der Waals surface area contributed by atoms with Crippen molar-refractivity contribution in [3.8, 4) is 0 Å². The van der Waals surface area contributed by atoms with E-state index in [1.807, 2.05) is 0 Å². The Hall–Kier alpha value is -2.28. The molecule has 0 spiro atoms. The third-order valence-corrected chi connectivity index (χ3v) is 3.51. The van der Waals surface area contributed by atoms with Gasteiger partial charge in [0, 0.05) is 18.0 Å². The summed E-state index contributed by atoms with van der Waals surface area (Å²) < 4.78 is 27.6. The lowest BCUT2D eigenvalue weighted by Gasteiger charge is -2.08. The molecule has 1 fully saturated rings. The Bertz CT molecular complexity index is 797. The Labute approximate surface area is 117 Å². The van der Waals surface area contributed by atoms with E-state index in [-0.39, 0.29) is 15.7 Å². The molecule has 1 aromatic heterocycles. The van der Waals surface area contributed by atoms with Crippen molar-refractivity contribution < 1.29 is 18.8 Å². The molecule has 0 atom stereocenters. The molecule has 7 heteroatoms. The van der Waals surface area contributed by atoms with Gasteiger partial charge in [0.25, 0.3) is 0 Å². The van der Waals surface area contributed by atoms with Crippen LogP contribution in [-0.2, 0) is 6.54 Å². The molecule has 1 heterocycles. The number of aromatic carboxylic acids is 1. The van der Waals surface area contributed by atoms with E-state index in [1.165, 1.54) is 12.1 Å². The molecule has 0 aliphatic heterocycles. The first-order valence-corrected chi connectivity index (χ1v) is 6.49. The maximum absolute atomic E-state index is 13.9. The Morgan fingerprint density at radius 2 is 2.14 bits per heavy atom. The van der Waals surface area contributed by atoms with E-state index in [9.17, 15) is 18.5 Å². The average molecular weight is 294 g/mol. The van der Waals surface area contributed by atoms with Crippen LogP contribution >= 0.6 is 0 Å². The van der Waals surface area contributed by atoms with Crippen LogP contribution in [0.1, 0.15) is 28.8 Å². The van der Waals surface area contributed by atoms with Crippen molar-refractivity contribution in [2.24, 2.45) is 0 Å². The number of carboxylic acid groups (broad SMARTS) is 1. The normalized spacial score (nSPS) is 14.6. The van der Waals surface area contributed by atoms with Crippen molar-refractivity contribution in [3.05, 3.63) is 45.5 Å². The van der Waals surface area contributed by atoms with Crippen molar-refractivity contribution in [1.82, 2.24) is 10.1 Å². The van der Waals surface area contributed by atoms with Crippen molar-refractivity contribution >= 4 is 16.9 Å². The summed E-state index contributed by atoms with van der Waals surface area (Å²) in [5.74, 6) is -3.47. The predicted octanol–water partition coefficient (Wildman–Crippen LogP) is 1.82. The largest absolute Gasteiger partial charge is 0.477 e. The van der Waals surface area contributed by atoms with Gasteiger partial charge in [0.15, 0.2) is 5.56 Å². The second-order valence-corrected chi connectivity index (χ2v) is 5.09. The van der Waals surface area contributed by atoms with E-state index < -0.39 is 22.9 Å². The highest BCUT2D eigenvalue weighted by Gasteiger charge is 2.23. The van der Waals surface area contributed by atoms with E-state index in [4.69, 9.17) is 5.11 Å². The number of halogens is 2. The van der Waals surface area contributed by atoms with Crippen LogP contribution in [0.3, 0.4) is 0 Å². The number of benzene rings is 1. The topological polar surface area (TPSA) is 71.3 Å². The van der Waals surface area contributed by atoms with Crippen LogP contribution in [0, 0.1) is 5.95 Å². The lowest BCUT2D eigenvalue weighted by molar-refractivity contribution is 0.0685. The number of nitrogens with one attached hydrogen (secondary N) is 1. The van der Waals surface area contributed by atoms with Crippen molar-refractivity contribution in [2.75, 3.05) is 0 Å². The maximum Gasteiger partial charge on any atom is 0.344 e. The first kappa shape index (κ1) is 13.7. The van der Waals surface area contributed by atoms with Gasteiger partial charge in [-0.05, 0) is 30.5 Å². The van der Waals surface area contributed by atoms with E-state index in [0.717, 1.165) is 12.8 Å². The summed E-state index contributed by atoms with van der Waals surface area (Å²) in [6.07, 6.45) is 2.19. The predicted molar refractivity (Wildman–Crippen MR) is 71.5 cm³/mol. The number of aromatic nitrogens is 1. The van der Waals surface area contributed by atoms with Crippen LogP contribution in [0.2, 0.25) is 0 Å². The molecule has 0 bridgehead atoms. The van der Waals surface area contributed by atoms with Crippen LogP contribution < -0.4 is 10.7 Å². The summed E-state index contributed by atoms with van der Waals surface area (Å²) in [4.78, 5) is 22.4. The van der Waals surface area contributed by atoms with Gasteiger partial charge in [-0.15, -0.1) is 4.79 Å². The standard InChI is InChI=1S/C14H12F2N2O3/c15-13-11(14(20)21)12(19)9-4-1-7(5-10(9)18(13)16)6-17-8-2-3-8/h1,4-5,8,17H,2-3,6H2,(H,20,21). The molecule has 1 aliphatic carbocycles. The van der Waals surface area contributed by atoms with Gasteiger partial charge < -0.3 is 10.4 Å². The Kier molecular flexibility index (Phi) is 3.21. The summed E-state index contributed by atoms with van der Waals surface area (Å²) in [7, 11) is 0. The molecule has 2 aromatic rings. The number of nitrogens with zero attached hydrogens (tertiary/aromatic N) is 1. The summed E-state index contributed by atoms with van der Waals surface area (Å²) in [5, 5.41) is 11.9. The number of pyridine rings is 1. The maximum atomic E-state index is 13.9. The minimum atomic E-state index is -1.79. The second-order valence-electron chi connectivity index (χ2n) is 5.09. The molecule has 5 nitrogen and oxygen atoms in total. The molecule has 2 N–H and O–H groups in total. The third-order valence-electron chi connectivity index (χ3n) is 3.51. The fraction of sp³-hybridized carbons (Fsp3) is 0.286. The van der Waals surface area contributed by atoms with Crippen molar-refractivity contribution in [2.45, 2.75) is 25.4 Å². The molecule has 0 unspecified atom stereocenters. The summed E-state index contributed by atoms with van der Waals surface area (Å²) in [5.41, 5.74) is -1.78. The van der Waals surface area contributed by atoms with Crippen LogP contribution in [0.5, 0.6) is 0 Å². The van der Waals surface area contributed by atoms with Gasteiger partial charge >= 0.3 is 5.97 Å². The third kappa shape index (κ3) is 2.40. The molecule has 3 rings (SSSR count). The lowest BCUT2D eigenvalue weighted by Crippen LogP contribution is -2.22. The summed E-state index contributed by atoms with van der Waals surface area (Å²) in [6.45, 7) is 0.483. The van der Waals surface area contributed by atoms with Crippen LogP contribution in [0.15, 0.2) is 23.0 Å². The molecule has 110 valence electrons. The van der Waals surface area contributed by atoms with Gasteiger partial charge in [-0.2, -0.15) is 4.39 Å². The zero-order valence-corrected chi connectivity index (χ0v) is 10.9.